The molecule has 4 rings (SSSR count). The minimum Gasteiger partial charge on any atom is -0.451 e. The maximum absolute atomic E-state index is 12.4. The molecule has 2 amide bonds. The predicted molar refractivity (Wildman–Crippen MR) is 98.2 cm³/mol. The van der Waals surface area contributed by atoms with Gasteiger partial charge >= 0.3 is 0 Å². The van der Waals surface area contributed by atoms with Crippen LogP contribution in [0.25, 0.3) is 11.0 Å². The largest absolute Gasteiger partial charge is 0.451 e. The Balaban J connectivity index is 1.48. The molecule has 0 atom stereocenters. The van der Waals surface area contributed by atoms with E-state index in [2.05, 4.69) is 5.32 Å². The lowest BCUT2D eigenvalue weighted by Crippen LogP contribution is -2.24. The Labute approximate surface area is 154 Å². The van der Waals surface area contributed by atoms with Gasteiger partial charge in [0, 0.05) is 18.3 Å². The van der Waals surface area contributed by atoms with Gasteiger partial charge in [-0.3, -0.25) is 14.4 Å². The van der Waals surface area contributed by atoms with E-state index in [9.17, 15) is 14.4 Å². The Bertz CT molecular complexity index is 1070. The third-order valence-corrected chi connectivity index (χ3v) is 4.27. The Kier molecular flexibility index (Phi) is 4.43. The average Bonchev–Trinajstić information content (AvgIpc) is 3.08. The van der Waals surface area contributed by atoms with E-state index < -0.39 is 5.91 Å². The Morgan fingerprint density at radius 3 is 2.59 bits per heavy atom. The van der Waals surface area contributed by atoms with Gasteiger partial charge in [0.1, 0.15) is 18.9 Å². The van der Waals surface area contributed by atoms with Gasteiger partial charge in [0.2, 0.25) is 0 Å². The number of amides is 2. The summed E-state index contributed by atoms with van der Waals surface area (Å²) in [7, 11) is 0. The van der Waals surface area contributed by atoms with E-state index in [1.807, 2.05) is 12.1 Å². The van der Waals surface area contributed by atoms with Crippen LogP contribution in [0.3, 0.4) is 0 Å². The normalized spacial score (nSPS) is 13.9. The smallest absolute Gasteiger partial charge is 0.291 e. The predicted octanol–water partition coefficient (Wildman–Crippen LogP) is 2.36. The maximum Gasteiger partial charge on any atom is 0.291 e. The Morgan fingerprint density at radius 1 is 1.07 bits per heavy atom. The Morgan fingerprint density at radius 2 is 1.85 bits per heavy atom. The molecule has 0 bridgehead atoms. The molecule has 0 saturated carbocycles. The highest BCUT2D eigenvalue weighted by atomic mass is 16.5. The number of nitrogens with zero attached hydrogens (tertiary/aromatic N) is 1. The van der Waals surface area contributed by atoms with Gasteiger partial charge in [-0.2, -0.15) is 0 Å². The van der Waals surface area contributed by atoms with Gasteiger partial charge in [0.05, 0.1) is 5.39 Å². The van der Waals surface area contributed by atoms with E-state index in [4.69, 9.17) is 9.15 Å². The first-order valence-electron chi connectivity index (χ1n) is 8.39. The summed E-state index contributed by atoms with van der Waals surface area (Å²) in [5, 5.41) is 3.13. The standard InChI is InChI=1S/C20H16N2O5/c23-16-9-18(27-17-4-2-1-3-15(16)17)20(25)21-14-7-5-13(6-8-14)10-22-12-26-11-19(22)24/h1-9H,10-12H2,(H,21,25). The van der Waals surface area contributed by atoms with Crippen molar-refractivity contribution < 1.29 is 18.7 Å². The molecule has 0 spiro atoms. The zero-order valence-electron chi connectivity index (χ0n) is 14.3. The second-order valence-corrected chi connectivity index (χ2v) is 6.19. The first-order chi connectivity index (χ1) is 13.1. The number of hydrogen-bond donors (Lipinski definition) is 1. The van der Waals surface area contributed by atoms with Crippen molar-refractivity contribution in [2.45, 2.75) is 6.54 Å². The summed E-state index contributed by atoms with van der Waals surface area (Å²) in [5.41, 5.74) is 1.57. The summed E-state index contributed by atoms with van der Waals surface area (Å²) < 4.78 is 10.6. The summed E-state index contributed by atoms with van der Waals surface area (Å²) in [6.07, 6.45) is 0. The molecular formula is C20H16N2O5. The average molecular weight is 364 g/mol. The zero-order valence-corrected chi connectivity index (χ0v) is 14.3. The molecule has 7 nitrogen and oxygen atoms in total. The molecule has 136 valence electrons. The molecular weight excluding hydrogens is 348 g/mol. The highest BCUT2D eigenvalue weighted by Gasteiger charge is 2.20. The molecule has 1 aromatic heterocycles. The number of fused-ring (bicyclic) bond motifs is 1. The molecule has 27 heavy (non-hydrogen) atoms. The number of rotatable bonds is 4. The van der Waals surface area contributed by atoms with Crippen LogP contribution in [-0.4, -0.2) is 30.1 Å². The quantitative estimate of drug-likeness (QED) is 0.768. The fraction of sp³-hybridized carbons (Fsp3) is 0.150. The van der Waals surface area contributed by atoms with Crippen molar-refractivity contribution in [1.29, 1.82) is 0 Å². The fourth-order valence-corrected chi connectivity index (χ4v) is 2.86. The van der Waals surface area contributed by atoms with Crippen LogP contribution in [0.2, 0.25) is 0 Å². The number of ether oxygens (including phenoxy) is 1. The Hall–Kier alpha value is -3.45. The number of carbonyl (C=O) groups excluding carboxylic acids is 2. The van der Waals surface area contributed by atoms with Crippen molar-refractivity contribution >= 4 is 28.5 Å². The van der Waals surface area contributed by atoms with E-state index in [0.717, 1.165) is 5.56 Å². The van der Waals surface area contributed by atoms with Crippen molar-refractivity contribution in [2.75, 3.05) is 18.7 Å². The number of anilines is 1. The minimum atomic E-state index is -0.506. The monoisotopic (exact) mass is 364 g/mol. The first-order valence-corrected chi connectivity index (χ1v) is 8.39. The van der Waals surface area contributed by atoms with Crippen LogP contribution in [0, 0.1) is 0 Å². The lowest BCUT2D eigenvalue weighted by atomic mass is 10.2. The van der Waals surface area contributed by atoms with Crippen LogP contribution in [0.4, 0.5) is 5.69 Å². The van der Waals surface area contributed by atoms with Gasteiger partial charge in [-0.05, 0) is 29.8 Å². The van der Waals surface area contributed by atoms with E-state index in [0.29, 0.717) is 23.2 Å². The van der Waals surface area contributed by atoms with E-state index >= 15 is 0 Å². The molecule has 7 heteroatoms. The molecule has 0 radical (unpaired) electrons. The third kappa shape index (κ3) is 3.58. The van der Waals surface area contributed by atoms with E-state index in [1.54, 1.807) is 41.3 Å². The third-order valence-electron chi connectivity index (χ3n) is 4.27. The number of hydrogen-bond acceptors (Lipinski definition) is 5. The summed E-state index contributed by atoms with van der Waals surface area (Å²) in [6.45, 7) is 0.857. The highest BCUT2D eigenvalue weighted by molar-refractivity contribution is 6.02. The fourth-order valence-electron chi connectivity index (χ4n) is 2.86. The maximum atomic E-state index is 12.4. The summed E-state index contributed by atoms with van der Waals surface area (Å²) >= 11 is 0. The number of para-hydroxylation sites is 1. The molecule has 1 aliphatic heterocycles. The lowest BCUT2D eigenvalue weighted by molar-refractivity contribution is -0.127. The highest BCUT2D eigenvalue weighted by Crippen LogP contribution is 2.16. The van der Waals surface area contributed by atoms with Gasteiger partial charge in [0.25, 0.3) is 11.8 Å². The molecule has 0 unspecified atom stereocenters. The van der Waals surface area contributed by atoms with Gasteiger partial charge in [0.15, 0.2) is 11.2 Å². The molecule has 3 aromatic rings. The molecule has 1 N–H and O–H groups in total. The van der Waals surface area contributed by atoms with Crippen molar-refractivity contribution in [2.24, 2.45) is 0 Å². The SMILES string of the molecule is O=C(Nc1ccc(CN2COCC2=O)cc1)c1cc(=O)c2ccccc2o1. The molecule has 2 aromatic carbocycles. The molecule has 0 aliphatic carbocycles. The second kappa shape index (κ2) is 7.05. The minimum absolute atomic E-state index is 0.0429. The molecule has 1 aliphatic rings. The number of benzene rings is 2. The molecule has 2 heterocycles. The van der Waals surface area contributed by atoms with Crippen LogP contribution >= 0.6 is 0 Å². The van der Waals surface area contributed by atoms with E-state index in [1.165, 1.54) is 6.07 Å². The summed E-state index contributed by atoms with van der Waals surface area (Å²) in [4.78, 5) is 37.7. The summed E-state index contributed by atoms with van der Waals surface area (Å²) in [6, 6.07) is 15.1. The van der Waals surface area contributed by atoms with Gasteiger partial charge in [-0.25, -0.2) is 0 Å². The van der Waals surface area contributed by atoms with Gasteiger partial charge in [-0.1, -0.05) is 24.3 Å². The number of nitrogens with one attached hydrogen (secondary N) is 1. The lowest BCUT2D eigenvalue weighted by Gasteiger charge is -2.14. The van der Waals surface area contributed by atoms with Crippen molar-refractivity contribution in [3.63, 3.8) is 0 Å². The van der Waals surface area contributed by atoms with Crippen molar-refractivity contribution in [3.8, 4) is 0 Å². The van der Waals surface area contributed by atoms with Gasteiger partial charge in [-0.15, -0.1) is 0 Å². The van der Waals surface area contributed by atoms with Crippen LogP contribution in [0.5, 0.6) is 0 Å². The van der Waals surface area contributed by atoms with Crippen LogP contribution in [-0.2, 0) is 16.1 Å². The molecule has 1 saturated heterocycles. The molecule has 1 fully saturated rings. The van der Waals surface area contributed by atoms with Crippen LogP contribution in [0.1, 0.15) is 16.1 Å². The summed E-state index contributed by atoms with van der Waals surface area (Å²) in [5.74, 6) is -0.602. The van der Waals surface area contributed by atoms with Crippen LogP contribution < -0.4 is 10.7 Å². The van der Waals surface area contributed by atoms with Gasteiger partial charge < -0.3 is 19.4 Å². The number of carbonyl (C=O) groups is 2. The van der Waals surface area contributed by atoms with E-state index in [-0.39, 0.29) is 30.4 Å². The zero-order chi connectivity index (χ0) is 18.8. The van der Waals surface area contributed by atoms with Crippen molar-refractivity contribution in [1.82, 2.24) is 4.90 Å². The van der Waals surface area contributed by atoms with Crippen molar-refractivity contribution in [3.05, 3.63) is 76.1 Å². The second-order valence-electron chi connectivity index (χ2n) is 6.19. The first kappa shape index (κ1) is 17.0. The topological polar surface area (TPSA) is 88.9 Å². The van der Waals surface area contributed by atoms with Crippen LogP contribution in [0.15, 0.2) is 63.8 Å².